The molecular weight excluding hydrogens is 480 g/mol. The number of aromatic amines is 1. The predicted octanol–water partition coefficient (Wildman–Crippen LogP) is 3.48. The highest BCUT2D eigenvalue weighted by Crippen LogP contribution is 2.41. The van der Waals surface area contributed by atoms with Crippen LogP contribution in [0.25, 0.3) is 5.76 Å². The van der Waals surface area contributed by atoms with Crippen LogP contribution in [0.5, 0.6) is 0 Å². The van der Waals surface area contributed by atoms with Gasteiger partial charge in [0.15, 0.2) is 0 Å². The summed E-state index contributed by atoms with van der Waals surface area (Å²) in [7, 11) is 1.23. The summed E-state index contributed by atoms with van der Waals surface area (Å²) < 4.78 is 4.79. The first-order chi connectivity index (χ1) is 17.6. The molecule has 0 aliphatic carbocycles. The highest BCUT2D eigenvalue weighted by atomic mass is 16.6. The molecule has 0 bridgehead atoms. The summed E-state index contributed by atoms with van der Waals surface area (Å²) in [5.74, 6) is -2.79. The minimum Gasteiger partial charge on any atom is -0.507 e. The van der Waals surface area contributed by atoms with Gasteiger partial charge in [0.2, 0.25) is 0 Å². The Morgan fingerprint density at radius 1 is 1.24 bits per heavy atom. The largest absolute Gasteiger partial charge is 0.507 e. The van der Waals surface area contributed by atoms with Crippen molar-refractivity contribution in [2.24, 2.45) is 0 Å². The molecule has 1 aromatic heterocycles. The number of esters is 1. The van der Waals surface area contributed by atoms with Crippen molar-refractivity contribution in [3.8, 4) is 0 Å². The average molecular weight is 513 g/mol. The number of H-pyrrole nitrogens is 1. The zero-order valence-corrected chi connectivity index (χ0v) is 21.7. The number of ketones is 1. The second-order valence-electron chi connectivity index (χ2n) is 8.84. The molecule has 1 aliphatic heterocycles. The molecule has 3 rings (SSSR count). The molecule has 2 N–H and O–H groups in total. The van der Waals surface area contributed by atoms with Gasteiger partial charge in [-0.15, -0.1) is 0 Å². The van der Waals surface area contributed by atoms with E-state index < -0.39 is 34.4 Å². The van der Waals surface area contributed by atoms with Crippen molar-refractivity contribution in [2.45, 2.75) is 40.2 Å². The minimum atomic E-state index is -1.04. The van der Waals surface area contributed by atoms with Crippen molar-refractivity contribution in [3.05, 3.63) is 68.0 Å². The summed E-state index contributed by atoms with van der Waals surface area (Å²) in [6.45, 7) is 9.84. The highest BCUT2D eigenvalue weighted by Gasteiger charge is 2.46. The lowest BCUT2D eigenvalue weighted by molar-refractivity contribution is -0.384. The summed E-state index contributed by atoms with van der Waals surface area (Å²) in [4.78, 5) is 56.0. The predicted molar refractivity (Wildman–Crippen MR) is 136 cm³/mol. The van der Waals surface area contributed by atoms with Gasteiger partial charge in [-0.05, 0) is 51.0 Å². The van der Waals surface area contributed by atoms with Gasteiger partial charge < -0.3 is 24.6 Å². The van der Waals surface area contributed by atoms with Crippen molar-refractivity contribution >= 4 is 29.1 Å². The number of hydrogen-bond acceptors (Lipinski definition) is 8. The lowest BCUT2D eigenvalue weighted by atomic mass is 9.93. The zero-order valence-electron chi connectivity index (χ0n) is 21.7. The quantitative estimate of drug-likeness (QED) is 0.123. The Bertz CT molecular complexity index is 1260. The zero-order chi connectivity index (χ0) is 27.4. The molecule has 1 saturated heterocycles. The lowest BCUT2D eigenvalue weighted by Crippen LogP contribution is -2.33. The van der Waals surface area contributed by atoms with Gasteiger partial charge in [-0.2, -0.15) is 0 Å². The third-order valence-corrected chi connectivity index (χ3v) is 6.77. The molecule has 0 saturated carbocycles. The molecule has 2 heterocycles. The summed E-state index contributed by atoms with van der Waals surface area (Å²) in [6, 6.07) is 4.65. The number of carbonyl (C=O) groups excluding carboxylic acids is 3. The molecule has 1 atom stereocenters. The van der Waals surface area contributed by atoms with E-state index >= 15 is 0 Å². The number of carbonyl (C=O) groups is 3. The summed E-state index contributed by atoms with van der Waals surface area (Å²) in [5, 5.41) is 22.9. The Morgan fingerprint density at radius 2 is 1.92 bits per heavy atom. The number of likely N-dealkylation sites (tertiary alicyclic amines) is 1. The number of nitrogens with zero attached hydrogens (tertiary/aromatic N) is 3. The number of hydrogen-bond donors (Lipinski definition) is 2. The van der Waals surface area contributed by atoms with Gasteiger partial charge in [0.25, 0.3) is 17.4 Å². The number of aliphatic hydroxyl groups is 1. The number of nitrogens with one attached hydrogen (secondary N) is 1. The maximum absolute atomic E-state index is 13.3. The number of ether oxygens (including phenoxy) is 1. The highest BCUT2D eigenvalue weighted by molar-refractivity contribution is 6.46. The number of non-ortho nitro benzene ring substituents is 1. The van der Waals surface area contributed by atoms with E-state index in [-0.39, 0.29) is 29.1 Å². The number of aliphatic hydroxyl groups excluding tert-OH is 1. The molecule has 198 valence electrons. The lowest BCUT2D eigenvalue weighted by Gasteiger charge is -2.26. The Kier molecular flexibility index (Phi) is 8.49. The Balaban J connectivity index is 2.17. The number of aromatic nitrogens is 1. The molecule has 1 unspecified atom stereocenters. The van der Waals surface area contributed by atoms with Crippen molar-refractivity contribution in [2.75, 3.05) is 33.3 Å². The van der Waals surface area contributed by atoms with Crippen LogP contribution in [-0.2, 0) is 14.3 Å². The van der Waals surface area contributed by atoms with E-state index in [1.165, 1.54) is 30.2 Å². The van der Waals surface area contributed by atoms with Gasteiger partial charge in [-0.3, -0.25) is 19.7 Å². The van der Waals surface area contributed by atoms with Crippen LogP contribution in [0.3, 0.4) is 0 Å². The monoisotopic (exact) mass is 512 g/mol. The number of nitro groups is 1. The second kappa shape index (κ2) is 11.4. The topological polar surface area (TPSA) is 146 Å². The molecular formula is C26H32N4O7. The third kappa shape index (κ3) is 5.26. The maximum Gasteiger partial charge on any atom is 0.354 e. The first kappa shape index (κ1) is 27.6. The van der Waals surface area contributed by atoms with Crippen LogP contribution in [0.1, 0.15) is 59.2 Å². The van der Waals surface area contributed by atoms with E-state index in [1.54, 1.807) is 19.9 Å². The Hall–Kier alpha value is -3.99. The van der Waals surface area contributed by atoms with Gasteiger partial charge in [0.1, 0.15) is 11.5 Å². The fraction of sp³-hybridized carbons (Fsp3) is 0.423. The van der Waals surface area contributed by atoms with E-state index in [1.807, 2.05) is 13.8 Å². The summed E-state index contributed by atoms with van der Waals surface area (Å²) in [6.07, 6.45) is 0.564. The average Bonchev–Trinajstić information content (AvgIpc) is 3.32. The molecule has 1 aromatic carbocycles. The fourth-order valence-electron chi connectivity index (χ4n) is 4.82. The molecule has 1 aliphatic rings. The van der Waals surface area contributed by atoms with Gasteiger partial charge in [0, 0.05) is 29.9 Å². The van der Waals surface area contributed by atoms with Crippen LogP contribution >= 0.6 is 0 Å². The summed E-state index contributed by atoms with van der Waals surface area (Å²) in [5.41, 5.74) is 1.02. The molecule has 0 spiro atoms. The van der Waals surface area contributed by atoms with E-state index in [0.717, 1.165) is 13.1 Å². The van der Waals surface area contributed by atoms with Gasteiger partial charge in [0.05, 0.1) is 23.6 Å². The normalized spacial score (nSPS) is 17.0. The number of amides is 1. The van der Waals surface area contributed by atoms with Crippen LogP contribution in [0.15, 0.2) is 29.8 Å². The minimum absolute atomic E-state index is 0.113. The molecule has 11 nitrogen and oxygen atoms in total. The number of benzene rings is 1. The first-order valence-electron chi connectivity index (χ1n) is 12.1. The molecule has 2 aromatic rings. The summed E-state index contributed by atoms with van der Waals surface area (Å²) >= 11 is 0. The van der Waals surface area contributed by atoms with Gasteiger partial charge in [-0.1, -0.05) is 26.0 Å². The van der Waals surface area contributed by atoms with Crippen LogP contribution in [0.4, 0.5) is 5.69 Å². The molecule has 37 heavy (non-hydrogen) atoms. The van der Waals surface area contributed by atoms with Crippen molar-refractivity contribution in [1.29, 1.82) is 0 Å². The van der Waals surface area contributed by atoms with Crippen molar-refractivity contribution < 1.29 is 29.2 Å². The smallest absolute Gasteiger partial charge is 0.354 e. The SMILES string of the molecule is CCN(CC)CCCN1C(=O)C(=O)/C(=C(/O)c2c(C)[nH]c(C(=O)OC)c2C)C1c1cccc([N+](=O)[O-])c1. The Labute approximate surface area is 214 Å². The first-order valence-corrected chi connectivity index (χ1v) is 12.1. The van der Waals surface area contributed by atoms with Crippen LogP contribution in [0.2, 0.25) is 0 Å². The van der Waals surface area contributed by atoms with Gasteiger partial charge in [-0.25, -0.2) is 4.79 Å². The van der Waals surface area contributed by atoms with E-state index in [9.17, 15) is 29.6 Å². The third-order valence-electron chi connectivity index (χ3n) is 6.77. The van der Waals surface area contributed by atoms with Crippen LogP contribution < -0.4 is 0 Å². The fourth-order valence-corrected chi connectivity index (χ4v) is 4.82. The van der Waals surface area contributed by atoms with E-state index in [4.69, 9.17) is 4.74 Å². The van der Waals surface area contributed by atoms with Crippen LogP contribution in [-0.4, -0.2) is 75.8 Å². The number of aryl methyl sites for hydroxylation is 1. The number of rotatable bonds is 10. The molecule has 0 radical (unpaired) electrons. The van der Waals surface area contributed by atoms with Crippen molar-refractivity contribution in [1.82, 2.24) is 14.8 Å². The van der Waals surface area contributed by atoms with Gasteiger partial charge >= 0.3 is 5.97 Å². The molecule has 1 amide bonds. The second-order valence-corrected chi connectivity index (χ2v) is 8.84. The van der Waals surface area contributed by atoms with E-state index in [2.05, 4.69) is 9.88 Å². The Morgan fingerprint density at radius 3 is 2.51 bits per heavy atom. The molecule has 11 heteroatoms. The maximum atomic E-state index is 13.3. The number of nitro benzene ring substituents is 1. The number of methoxy groups -OCH3 is 1. The van der Waals surface area contributed by atoms with Crippen molar-refractivity contribution in [3.63, 3.8) is 0 Å². The molecule has 1 fully saturated rings. The van der Waals surface area contributed by atoms with E-state index in [0.29, 0.717) is 29.8 Å². The van der Waals surface area contributed by atoms with Crippen LogP contribution in [0, 0.1) is 24.0 Å². The number of Topliss-reactive ketones (excluding diaryl/α,β-unsaturated/α-hetero) is 1. The standard InChI is InChI=1S/C26H32N4O7/c1-6-28(7-2)12-9-13-29-22(17-10-8-11-18(14-17)30(35)36)20(24(32)25(29)33)23(31)19-15(3)21(26(34)37-5)27-16(19)4/h8,10-11,14,22,27,31H,6-7,9,12-13H2,1-5H3/b23-20+.